The number of benzene rings is 2. The van der Waals surface area contributed by atoms with E-state index in [-0.39, 0.29) is 5.82 Å². The van der Waals surface area contributed by atoms with Gasteiger partial charge in [0.05, 0.1) is 0 Å². The fraction of sp³-hybridized carbons (Fsp3) is 0.462. The Balaban J connectivity index is 1.55. The first-order valence-corrected chi connectivity index (χ1v) is 10.6. The molecule has 0 saturated heterocycles. The van der Waals surface area contributed by atoms with Gasteiger partial charge in [0.2, 0.25) is 0 Å². The zero-order chi connectivity index (χ0) is 19.1. The van der Waals surface area contributed by atoms with E-state index in [1.807, 2.05) is 12.1 Å². The summed E-state index contributed by atoms with van der Waals surface area (Å²) in [6, 6.07) is 14.6. The standard InChI is InChI=1S/C26H31F/c1-3-5-6-25-18-13-22(19-26(25)27)8-7-21-11-16-24(17-12-21)23-14-9-20(4-2)10-15-23/h9-10,13-15,18-19,21,24H,3-6,11-12,16-17H2,1-2H3. The van der Waals surface area contributed by atoms with Crippen LogP contribution in [0, 0.1) is 23.6 Å². The van der Waals surface area contributed by atoms with Crippen LogP contribution < -0.4 is 0 Å². The number of hydrogen-bond donors (Lipinski definition) is 0. The molecule has 0 spiro atoms. The van der Waals surface area contributed by atoms with Crippen molar-refractivity contribution in [2.75, 3.05) is 0 Å². The highest BCUT2D eigenvalue weighted by molar-refractivity contribution is 5.37. The first kappa shape index (κ1) is 19.7. The average molecular weight is 363 g/mol. The van der Waals surface area contributed by atoms with Crippen LogP contribution in [0.5, 0.6) is 0 Å². The van der Waals surface area contributed by atoms with Crippen molar-refractivity contribution in [3.05, 3.63) is 70.5 Å². The summed E-state index contributed by atoms with van der Waals surface area (Å²) in [6.45, 7) is 4.33. The van der Waals surface area contributed by atoms with Gasteiger partial charge in [0.15, 0.2) is 0 Å². The highest BCUT2D eigenvalue weighted by Gasteiger charge is 2.21. The SMILES string of the molecule is CCCCc1ccc(C#CC2CCC(c3ccc(CC)cc3)CC2)cc1F. The van der Waals surface area contributed by atoms with Gasteiger partial charge in [-0.1, -0.05) is 62.4 Å². The van der Waals surface area contributed by atoms with Gasteiger partial charge in [-0.15, -0.1) is 0 Å². The Bertz CT molecular complexity index is 783. The Kier molecular flexibility index (Phi) is 7.11. The van der Waals surface area contributed by atoms with Crippen LogP contribution in [0.15, 0.2) is 42.5 Å². The lowest BCUT2D eigenvalue weighted by atomic mass is 9.79. The predicted molar refractivity (Wildman–Crippen MR) is 112 cm³/mol. The van der Waals surface area contributed by atoms with Crippen LogP contribution in [0.25, 0.3) is 0 Å². The zero-order valence-corrected chi connectivity index (χ0v) is 16.7. The van der Waals surface area contributed by atoms with Crippen molar-refractivity contribution in [3.8, 4) is 11.8 Å². The van der Waals surface area contributed by atoms with Crippen LogP contribution in [-0.2, 0) is 12.8 Å². The summed E-state index contributed by atoms with van der Waals surface area (Å²) >= 11 is 0. The third-order valence-electron chi connectivity index (χ3n) is 5.86. The summed E-state index contributed by atoms with van der Waals surface area (Å²) in [5.41, 5.74) is 4.51. The lowest BCUT2D eigenvalue weighted by Gasteiger charge is -2.26. The van der Waals surface area contributed by atoms with Gasteiger partial charge in [0.1, 0.15) is 5.82 Å². The van der Waals surface area contributed by atoms with E-state index in [0.717, 1.165) is 49.7 Å². The maximum Gasteiger partial charge on any atom is 0.127 e. The third kappa shape index (κ3) is 5.46. The quantitative estimate of drug-likeness (QED) is 0.500. The van der Waals surface area contributed by atoms with Crippen LogP contribution >= 0.6 is 0 Å². The summed E-state index contributed by atoms with van der Waals surface area (Å²) in [7, 11) is 0. The molecule has 1 aliphatic carbocycles. The molecule has 0 heterocycles. The lowest BCUT2D eigenvalue weighted by Crippen LogP contribution is -2.12. The van der Waals surface area contributed by atoms with E-state index in [1.165, 1.54) is 24.0 Å². The van der Waals surface area contributed by atoms with Gasteiger partial charge < -0.3 is 0 Å². The van der Waals surface area contributed by atoms with Gasteiger partial charge in [-0.25, -0.2) is 4.39 Å². The molecule has 0 amide bonds. The van der Waals surface area contributed by atoms with Crippen LogP contribution in [0.1, 0.15) is 80.5 Å². The predicted octanol–water partition coefficient (Wildman–Crippen LogP) is 7.06. The molecule has 1 aliphatic rings. The van der Waals surface area contributed by atoms with Crippen LogP contribution in [0.4, 0.5) is 4.39 Å². The van der Waals surface area contributed by atoms with Crippen molar-refractivity contribution in [3.63, 3.8) is 0 Å². The Morgan fingerprint density at radius 3 is 2.33 bits per heavy atom. The highest BCUT2D eigenvalue weighted by atomic mass is 19.1. The highest BCUT2D eigenvalue weighted by Crippen LogP contribution is 2.35. The first-order chi connectivity index (χ1) is 13.2. The van der Waals surface area contributed by atoms with Gasteiger partial charge in [-0.05, 0) is 79.7 Å². The van der Waals surface area contributed by atoms with E-state index in [0.29, 0.717) is 11.8 Å². The summed E-state index contributed by atoms with van der Waals surface area (Å²) in [6.07, 6.45) is 8.74. The second-order valence-corrected chi connectivity index (χ2v) is 7.82. The molecule has 142 valence electrons. The molecule has 1 fully saturated rings. The number of halogens is 1. The molecule has 0 N–H and O–H groups in total. The molecular weight excluding hydrogens is 331 g/mol. The summed E-state index contributed by atoms with van der Waals surface area (Å²) in [5.74, 6) is 7.63. The van der Waals surface area contributed by atoms with Gasteiger partial charge >= 0.3 is 0 Å². The van der Waals surface area contributed by atoms with Crippen molar-refractivity contribution in [2.24, 2.45) is 5.92 Å². The van der Waals surface area contributed by atoms with E-state index in [9.17, 15) is 4.39 Å². The Labute approximate surface area is 164 Å². The molecule has 0 radical (unpaired) electrons. The Morgan fingerprint density at radius 2 is 1.70 bits per heavy atom. The topological polar surface area (TPSA) is 0 Å². The zero-order valence-electron chi connectivity index (χ0n) is 16.7. The molecule has 2 aromatic carbocycles. The largest absolute Gasteiger partial charge is 0.207 e. The van der Waals surface area contributed by atoms with Crippen molar-refractivity contribution < 1.29 is 4.39 Å². The number of unbranched alkanes of at least 4 members (excludes halogenated alkanes) is 1. The average Bonchev–Trinajstić information content (AvgIpc) is 2.72. The molecule has 2 aromatic rings. The van der Waals surface area contributed by atoms with E-state index in [1.54, 1.807) is 6.07 Å². The van der Waals surface area contributed by atoms with Crippen molar-refractivity contribution >= 4 is 0 Å². The summed E-state index contributed by atoms with van der Waals surface area (Å²) in [4.78, 5) is 0. The molecule has 1 saturated carbocycles. The van der Waals surface area contributed by atoms with Gasteiger partial charge in [-0.2, -0.15) is 0 Å². The number of rotatable bonds is 5. The molecular formula is C26H31F. The lowest BCUT2D eigenvalue weighted by molar-refractivity contribution is 0.384. The molecule has 0 unspecified atom stereocenters. The van der Waals surface area contributed by atoms with E-state index < -0.39 is 0 Å². The minimum Gasteiger partial charge on any atom is -0.207 e. The molecule has 0 aliphatic heterocycles. The van der Waals surface area contributed by atoms with Gasteiger partial charge in [-0.3, -0.25) is 0 Å². The van der Waals surface area contributed by atoms with E-state index in [4.69, 9.17) is 0 Å². The molecule has 1 heteroatoms. The van der Waals surface area contributed by atoms with Crippen molar-refractivity contribution in [2.45, 2.75) is 71.1 Å². The van der Waals surface area contributed by atoms with E-state index >= 15 is 0 Å². The molecule has 0 atom stereocenters. The van der Waals surface area contributed by atoms with Crippen LogP contribution in [-0.4, -0.2) is 0 Å². The minimum atomic E-state index is -0.102. The maximum absolute atomic E-state index is 14.2. The third-order valence-corrected chi connectivity index (χ3v) is 5.86. The Morgan fingerprint density at radius 1 is 0.963 bits per heavy atom. The van der Waals surface area contributed by atoms with Crippen LogP contribution in [0.3, 0.4) is 0 Å². The fourth-order valence-electron chi connectivity index (χ4n) is 3.98. The Hall–Kier alpha value is -2.07. The van der Waals surface area contributed by atoms with E-state index in [2.05, 4.69) is 50.0 Å². The smallest absolute Gasteiger partial charge is 0.127 e. The van der Waals surface area contributed by atoms with Crippen molar-refractivity contribution in [1.29, 1.82) is 0 Å². The fourth-order valence-corrected chi connectivity index (χ4v) is 3.98. The molecule has 27 heavy (non-hydrogen) atoms. The van der Waals surface area contributed by atoms with Crippen molar-refractivity contribution in [1.82, 2.24) is 0 Å². The van der Waals surface area contributed by atoms with Gasteiger partial charge in [0.25, 0.3) is 0 Å². The minimum absolute atomic E-state index is 0.102. The van der Waals surface area contributed by atoms with Crippen LogP contribution in [0.2, 0.25) is 0 Å². The second kappa shape index (κ2) is 9.75. The summed E-state index contributed by atoms with van der Waals surface area (Å²) < 4.78 is 14.2. The van der Waals surface area contributed by atoms with Gasteiger partial charge in [0, 0.05) is 11.5 Å². The molecule has 3 rings (SSSR count). The first-order valence-electron chi connectivity index (χ1n) is 10.6. The second-order valence-electron chi connectivity index (χ2n) is 7.82. The molecule has 0 nitrogen and oxygen atoms in total. The summed E-state index contributed by atoms with van der Waals surface area (Å²) in [5, 5.41) is 0. The molecule has 0 aromatic heterocycles. The number of aryl methyl sites for hydroxylation is 2. The molecule has 0 bridgehead atoms. The monoisotopic (exact) mass is 362 g/mol. The number of hydrogen-bond acceptors (Lipinski definition) is 0. The maximum atomic E-state index is 14.2. The normalized spacial score (nSPS) is 19.4.